The SMILES string of the molecule is CCCN(CC)c1ccc(C(=O)NCCCC(=O)O)cn1. The third kappa shape index (κ3) is 5.81. The molecule has 0 unspecified atom stereocenters. The highest BCUT2D eigenvalue weighted by Crippen LogP contribution is 2.11. The fourth-order valence-electron chi connectivity index (χ4n) is 1.96. The lowest BCUT2D eigenvalue weighted by Crippen LogP contribution is -2.26. The quantitative estimate of drug-likeness (QED) is 0.680. The van der Waals surface area contributed by atoms with Crippen molar-refractivity contribution >= 4 is 17.7 Å². The number of carboxylic acids is 1. The smallest absolute Gasteiger partial charge is 0.303 e. The molecule has 0 saturated heterocycles. The molecule has 0 bridgehead atoms. The predicted octanol–water partition coefficient (Wildman–Crippen LogP) is 1.91. The van der Waals surface area contributed by atoms with E-state index in [0.29, 0.717) is 18.5 Å². The molecule has 21 heavy (non-hydrogen) atoms. The van der Waals surface area contributed by atoms with Crippen molar-refractivity contribution in [3.05, 3.63) is 23.9 Å². The zero-order chi connectivity index (χ0) is 15.7. The summed E-state index contributed by atoms with van der Waals surface area (Å²) < 4.78 is 0. The number of amides is 1. The van der Waals surface area contributed by atoms with Crippen LogP contribution in [0.1, 0.15) is 43.5 Å². The summed E-state index contributed by atoms with van der Waals surface area (Å²) in [5, 5.41) is 11.2. The molecule has 0 fully saturated rings. The van der Waals surface area contributed by atoms with Crippen LogP contribution < -0.4 is 10.2 Å². The van der Waals surface area contributed by atoms with Crippen molar-refractivity contribution in [3.63, 3.8) is 0 Å². The largest absolute Gasteiger partial charge is 0.481 e. The van der Waals surface area contributed by atoms with E-state index in [9.17, 15) is 9.59 Å². The van der Waals surface area contributed by atoms with Gasteiger partial charge in [0, 0.05) is 32.3 Å². The highest BCUT2D eigenvalue weighted by molar-refractivity contribution is 5.94. The van der Waals surface area contributed by atoms with Gasteiger partial charge in [-0.2, -0.15) is 0 Å². The van der Waals surface area contributed by atoms with Crippen molar-refractivity contribution in [1.82, 2.24) is 10.3 Å². The van der Waals surface area contributed by atoms with E-state index >= 15 is 0 Å². The fourth-order valence-corrected chi connectivity index (χ4v) is 1.96. The average Bonchev–Trinajstić information content (AvgIpc) is 2.49. The summed E-state index contributed by atoms with van der Waals surface area (Å²) in [7, 11) is 0. The topological polar surface area (TPSA) is 82.5 Å². The maximum Gasteiger partial charge on any atom is 0.303 e. The summed E-state index contributed by atoms with van der Waals surface area (Å²) in [6, 6.07) is 3.58. The van der Waals surface area contributed by atoms with Crippen LogP contribution in [0.25, 0.3) is 0 Å². The summed E-state index contributed by atoms with van der Waals surface area (Å²) in [5.41, 5.74) is 0.488. The van der Waals surface area contributed by atoms with Crippen LogP contribution in [0.3, 0.4) is 0 Å². The molecule has 0 aliphatic rings. The molecule has 2 N–H and O–H groups in total. The van der Waals surface area contributed by atoms with Crippen molar-refractivity contribution in [2.75, 3.05) is 24.5 Å². The third-order valence-corrected chi connectivity index (χ3v) is 3.06. The van der Waals surface area contributed by atoms with Gasteiger partial charge in [-0.25, -0.2) is 4.98 Å². The number of carbonyl (C=O) groups excluding carboxylic acids is 1. The van der Waals surface area contributed by atoms with Gasteiger partial charge in [-0.1, -0.05) is 6.92 Å². The Hall–Kier alpha value is -2.11. The van der Waals surface area contributed by atoms with Gasteiger partial charge in [0.05, 0.1) is 5.56 Å². The second-order valence-electron chi connectivity index (χ2n) is 4.74. The molecule has 1 heterocycles. The minimum atomic E-state index is -0.856. The summed E-state index contributed by atoms with van der Waals surface area (Å²) in [6.45, 7) is 6.34. The van der Waals surface area contributed by atoms with E-state index in [1.165, 1.54) is 0 Å². The number of rotatable bonds is 9. The Balaban J connectivity index is 2.52. The maximum atomic E-state index is 11.9. The van der Waals surface area contributed by atoms with Gasteiger partial charge in [-0.3, -0.25) is 9.59 Å². The minimum absolute atomic E-state index is 0.0555. The average molecular weight is 293 g/mol. The maximum absolute atomic E-state index is 11.9. The van der Waals surface area contributed by atoms with E-state index in [4.69, 9.17) is 5.11 Å². The first-order chi connectivity index (χ1) is 10.1. The van der Waals surface area contributed by atoms with Crippen LogP contribution >= 0.6 is 0 Å². The number of aromatic nitrogens is 1. The van der Waals surface area contributed by atoms with Crippen LogP contribution in [0, 0.1) is 0 Å². The number of nitrogens with one attached hydrogen (secondary N) is 1. The molecule has 0 saturated carbocycles. The Labute approximate surface area is 125 Å². The predicted molar refractivity (Wildman–Crippen MR) is 81.6 cm³/mol. The number of anilines is 1. The summed E-state index contributed by atoms with van der Waals surface area (Å²) in [6.07, 6.45) is 3.08. The van der Waals surface area contributed by atoms with Crippen LogP contribution in [-0.2, 0) is 4.79 Å². The number of hydrogen-bond donors (Lipinski definition) is 2. The van der Waals surface area contributed by atoms with Gasteiger partial charge < -0.3 is 15.3 Å². The van der Waals surface area contributed by atoms with Crippen molar-refractivity contribution in [2.24, 2.45) is 0 Å². The zero-order valence-corrected chi connectivity index (χ0v) is 12.6. The van der Waals surface area contributed by atoms with E-state index in [1.54, 1.807) is 12.3 Å². The van der Waals surface area contributed by atoms with Crippen LogP contribution in [0.15, 0.2) is 18.3 Å². The number of nitrogens with zero attached hydrogens (tertiary/aromatic N) is 2. The molecule has 1 aromatic rings. The van der Waals surface area contributed by atoms with Crippen LogP contribution in [0.5, 0.6) is 0 Å². The second-order valence-corrected chi connectivity index (χ2v) is 4.74. The van der Waals surface area contributed by atoms with E-state index in [-0.39, 0.29) is 12.3 Å². The molecule has 0 spiro atoms. The van der Waals surface area contributed by atoms with Gasteiger partial charge in [0.2, 0.25) is 0 Å². The molecule has 0 atom stereocenters. The van der Waals surface area contributed by atoms with Crippen LogP contribution in [0.4, 0.5) is 5.82 Å². The Morgan fingerprint density at radius 1 is 1.33 bits per heavy atom. The number of carboxylic acid groups (broad SMARTS) is 1. The molecule has 0 aliphatic heterocycles. The first-order valence-electron chi connectivity index (χ1n) is 7.29. The van der Waals surface area contributed by atoms with Gasteiger partial charge in [0.25, 0.3) is 5.91 Å². The number of hydrogen-bond acceptors (Lipinski definition) is 4. The first kappa shape index (κ1) is 16.9. The minimum Gasteiger partial charge on any atom is -0.481 e. The Morgan fingerprint density at radius 3 is 2.62 bits per heavy atom. The van der Waals surface area contributed by atoms with E-state index < -0.39 is 5.97 Å². The van der Waals surface area contributed by atoms with Crippen molar-refractivity contribution in [1.29, 1.82) is 0 Å². The molecule has 6 nitrogen and oxygen atoms in total. The van der Waals surface area contributed by atoms with Crippen molar-refractivity contribution in [2.45, 2.75) is 33.1 Å². The zero-order valence-electron chi connectivity index (χ0n) is 12.6. The Morgan fingerprint density at radius 2 is 2.10 bits per heavy atom. The first-order valence-corrected chi connectivity index (χ1v) is 7.29. The highest BCUT2D eigenvalue weighted by atomic mass is 16.4. The molecule has 6 heteroatoms. The Kier molecular flexibility index (Phi) is 7.21. The van der Waals surface area contributed by atoms with Gasteiger partial charge in [-0.15, -0.1) is 0 Å². The molecule has 1 amide bonds. The van der Waals surface area contributed by atoms with Crippen LogP contribution in [-0.4, -0.2) is 41.6 Å². The molecular formula is C15H23N3O3. The van der Waals surface area contributed by atoms with E-state index in [0.717, 1.165) is 25.3 Å². The van der Waals surface area contributed by atoms with Gasteiger partial charge >= 0.3 is 5.97 Å². The molecule has 1 rings (SSSR count). The molecule has 0 aromatic carbocycles. The molecular weight excluding hydrogens is 270 g/mol. The molecule has 0 radical (unpaired) electrons. The lowest BCUT2D eigenvalue weighted by atomic mass is 10.2. The number of aliphatic carboxylic acids is 1. The van der Waals surface area contributed by atoms with E-state index in [2.05, 4.69) is 29.0 Å². The molecule has 116 valence electrons. The third-order valence-electron chi connectivity index (χ3n) is 3.06. The molecule has 0 aliphatic carbocycles. The lowest BCUT2D eigenvalue weighted by Gasteiger charge is -2.21. The van der Waals surface area contributed by atoms with Crippen molar-refractivity contribution < 1.29 is 14.7 Å². The normalized spacial score (nSPS) is 10.2. The summed E-state index contributed by atoms with van der Waals surface area (Å²) in [5.74, 6) is -0.217. The number of pyridine rings is 1. The second kappa shape index (κ2) is 8.94. The fraction of sp³-hybridized carbons (Fsp3) is 0.533. The van der Waals surface area contributed by atoms with Crippen molar-refractivity contribution in [3.8, 4) is 0 Å². The van der Waals surface area contributed by atoms with Gasteiger partial charge in [0.15, 0.2) is 0 Å². The van der Waals surface area contributed by atoms with Crippen LogP contribution in [0.2, 0.25) is 0 Å². The van der Waals surface area contributed by atoms with Gasteiger partial charge in [-0.05, 0) is 31.9 Å². The van der Waals surface area contributed by atoms with Gasteiger partial charge in [0.1, 0.15) is 5.82 Å². The van der Waals surface area contributed by atoms with E-state index in [1.807, 2.05) is 6.07 Å². The highest BCUT2D eigenvalue weighted by Gasteiger charge is 2.08. The monoisotopic (exact) mass is 293 g/mol. The standard InChI is InChI=1S/C15H23N3O3/c1-3-10-18(4-2)13-8-7-12(11-17-13)15(21)16-9-5-6-14(19)20/h7-8,11H,3-6,9-10H2,1-2H3,(H,16,21)(H,19,20). The molecule has 1 aromatic heterocycles. The lowest BCUT2D eigenvalue weighted by molar-refractivity contribution is -0.137. The summed E-state index contributed by atoms with van der Waals surface area (Å²) >= 11 is 0. The Bertz CT molecular complexity index is 460. The summed E-state index contributed by atoms with van der Waals surface area (Å²) in [4.78, 5) is 28.7. The number of carbonyl (C=O) groups is 2.